The molecule has 1 fully saturated rings. The SMILES string of the molecule is CC[C@@H]1CCCCN1CCCNC(=O)Nc1cn(CC(C)C)c(=O)c2ccccc12. The first-order chi connectivity index (χ1) is 14.5. The average molecular weight is 413 g/mol. The van der Waals surface area contributed by atoms with Gasteiger partial charge in [0.1, 0.15) is 0 Å². The van der Waals surface area contributed by atoms with E-state index in [4.69, 9.17) is 0 Å². The van der Waals surface area contributed by atoms with Crippen molar-refractivity contribution in [2.75, 3.05) is 25.0 Å². The zero-order valence-corrected chi connectivity index (χ0v) is 18.6. The van der Waals surface area contributed by atoms with E-state index >= 15 is 0 Å². The van der Waals surface area contributed by atoms with Gasteiger partial charge in [0, 0.05) is 42.6 Å². The molecule has 0 radical (unpaired) electrons. The number of nitrogens with zero attached hydrogens (tertiary/aromatic N) is 2. The number of nitrogens with one attached hydrogen (secondary N) is 2. The quantitative estimate of drug-likeness (QED) is 0.630. The first-order valence-electron chi connectivity index (χ1n) is 11.4. The largest absolute Gasteiger partial charge is 0.338 e. The number of amides is 2. The highest BCUT2D eigenvalue weighted by Gasteiger charge is 2.20. The predicted octanol–water partition coefficient (Wildman–Crippen LogP) is 4.43. The van der Waals surface area contributed by atoms with E-state index in [9.17, 15) is 9.59 Å². The highest BCUT2D eigenvalue weighted by molar-refractivity contribution is 6.00. The zero-order chi connectivity index (χ0) is 21.5. The van der Waals surface area contributed by atoms with Crippen LogP contribution in [0.3, 0.4) is 0 Å². The molecular formula is C24H36N4O2. The molecule has 6 heteroatoms. The van der Waals surface area contributed by atoms with Crippen molar-refractivity contribution in [3.63, 3.8) is 0 Å². The van der Waals surface area contributed by atoms with Gasteiger partial charge in [0.25, 0.3) is 5.56 Å². The molecule has 1 atom stereocenters. The van der Waals surface area contributed by atoms with Crippen molar-refractivity contribution in [1.82, 2.24) is 14.8 Å². The Labute approximate surface area is 179 Å². The Kier molecular flexibility index (Phi) is 7.91. The van der Waals surface area contributed by atoms with Crippen molar-refractivity contribution in [1.29, 1.82) is 0 Å². The predicted molar refractivity (Wildman–Crippen MR) is 124 cm³/mol. The van der Waals surface area contributed by atoms with E-state index in [1.165, 1.54) is 32.2 Å². The lowest BCUT2D eigenvalue weighted by atomic mass is 10.00. The fraction of sp³-hybridized carbons (Fsp3) is 0.583. The number of likely N-dealkylation sites (tertiary alicyclic amines) is 1. The van der Waals surface area contributed by atoms with Gasteiger partial charge in [0.05, 0.1) is 5.69 Å². The van der Waals surface area contributed by atoms with E-state index in [1.54, 1.807) is 10.8 Å². The van der Waals surface area contributed by atoms with Crippen LogP contribution in [-0.4, -0.2) is 41.2 Å². The summed E-state index contributed by atoms with van der Waals surface area (Å²) in [6.45, 7) is 9.88. The van der Waals surface area contributed by atoms with Crippen LogP contribution in [0.1, 0.15) is 52.9 Å². The molecule has 6 nitrogen and oxygen atoms in total. The van der Waals surface area contributed by atoms with Crippen LogP contribution in [-0.2, 0) is 6.54 Å². The van der Waals surface area contributed by atoms with Crippen LogP contribution in [0, 0.1) is 5.92 Å². The van der Waals surface area contributed by atoms with Gasteiger partial charge in [-0.2, -0.15) is 0 Å². The lowest BCUT2D eigenvalue weighted by Crippen LogP contribution is -2.41. The second-order valence-electron chi connectivity index (χ2n) is 8.77. The first-order valence-corrected chi connectivity index (χ1v) is 11.4. The Morgan fingerprint density at radius 2 is 1.97 bits per heavy atom. The van der Waals surface area contributed by atoms with Gasteiger partial charge in [0.2, 0.25) is 0 Å². The summed E-state index contributed by atoms with van der Waals surface area (Å²) in [5, 5.41) is 7.35. The van der Waals surface area contributed by atoms with E-state index in [-0.39, 0.29) is 11.6 Å². The number of piperidine rings is 1. The van der Waals surface area contributed by atoms with Crippen LogP contribution >= 0.6 is 0 Å². The van der Waals surface area contributed by atoms with Crippen molar-refractivity contribution in [2.45, 2.75) is 65.5 Å². The standard InChI is InChI=1S/C24H36N4O2/c1-4-19-10-7-8-14-27(19)15-9-13-25-24(30)26-22-17-28(16-18(2)3)23(29)21-12-6-5-11-20(21)22/h5-6,11-12,17-19H,4,7-10,13-16H2,1-3H3,(H2,25,26,30)/t19-/m1/s1. The summed E-state index contributed by atoms with van der Waals surface area (Å²) in [6, 6.07) is 7.92. The molecule has 2 N–H and O–H groups in total. The molecule has 0 aliphatic carbocycles. The van der Waals surface area contributed by atoms with Crippen LogP contribution in [0.25, 0.3) is 10.8 Å². The minimum Gasteiger partial charge on any atom is -0.338 e. The van der Waals surface area contributed by atoms with Gasteiger partial charge in [-0.3, -0.25) is 4.79 Å². The molecule has 3 rings (SSSR count). The number of urea groups is 1. The maximum atomic E-state index is 12.7. The zero-order valence-electron chi connectivity index (χ0n) is 18.6. The van der Waals surface area contributed by atoms with E-state index in [0.29, 0.717) is 36.1 Å². The molecule has 2 amide bonds. The van der Waals surface area contributed by atoms with Crippen molar-refractivity contribution >= 4 is 22.5 Å². The molecule has 0 unspecified atom stereocenters. The fourth-order valence-electron chi connectivity index (χ4n) is 4.44. The molecule has 0 spiro atoms. The van der Waals surface area contributed by atoms with Gasteiger partial charge in [-0.25, -0.2) is 4.79 Å². The number of benzene rings is 1. The number of fused-ring (bicyclic) bond motifs is 1. The molecule has 0 saturated carbocycles. The smallest absolute Gasteiger partial charge is 0.319 e. The highest BCUT2D eigenvalue weighted by atomic mass is 16.2. The van der Waals surface area contributed by atoms with Crippen molar-refractivity contribution in [3.05, 3.63) is 40.8 Å². The summed E-state index contributed by atoms with van der Waals surface area (Å²) in [5.41, 5.74) is 0.655. The molecule has 2 aromatic rings. The fourth-order valence-corrected chi connectivity index (χ4v) is 4.44. The molecule has 164 valence electrons. The number of rotatable bonds is 8. The van der Waals surface area contributed by atoms with Gasteiger partial charge in [0.15, 0.2) is 0 Å². The topological polar surface area (TPSA) is 66.4 Å². The Morgan fingerprint density at radius 3 is 2.70 bits per heavy atom. The number of aromatic nitrogens is 1. The molecule has 1 aromatic heterocycles. The average Bonchev–Trinajstić information content (AvgIpc) is 2.74. The van der Waals surface area contributed by atoms with Crippen LogP contribution in [0.4, 0.5) is 10.5 Å². The summed E-state index contributed by atoms with van der Waals surface area (Å²) >= 11 is 0. The van der Waals surface area contributed by atoms with Crippen LogP contribution in [0.2, 0.25) is 0 Å². The Hall–Kier alpha value is -2.34. The van der Waals surface area contributed by atoms with Gasteiger partial charge < -0.3 is 20.1 Å². The summed E-state index contributed by atoms with van der Waals surface area (Å²) in [4.78, 5) is 27.8. The van der Waals surface area contributed by atoms with Gasteiger partial charge >= 0.3 is 6.03 Å². The number of anilines is 1. The van der Waals surface area contributed by atoms with E-state index < -0.39 is 0 Å². The molecule has 30 heavy (non-hydrogen) atoms. The molecule has 2 heterocycles. The molecule has 1 aliphatic rings. The third-order valence-corrected chi connectivity index (χ3v) is 5.93. The molecule has 1 aromatic carbocycles. The lowest BCUT2D eigenvalue weighted by molar-refractivity contribution is 0.142. The number of hydrogen-bond donors (Lipinski definition) is 2. The maximum Gasteiger partial charge on any atom is 0.319 e. The Bertz CT molecular complexity index is 906. The van der Waals surface area contributed by atoms with Crippen molar-refractivity contribution < 1.29 is 4.79 Å². The second-order valence-corrected chi connectivity index (χ2v) is 8.77. The van der Waals surface area contributed by atoms with Crippen molar-refractivity contribution in [3.8, 4) is 0 Å². The second kappa shape index (κ2) is 10.6. The minimum absolute atomic E-state index is 0.0164. The molecule has 1 aliphatic heterocycles. The number of carbonyl (C=O) groups is 1. The number of hydrogen-bond acceptors (Lipinski definition) is 3. The highest BCUT2D eigenvalue weighted by Crippen LogP contribution is 2.21. The lowest BCUT2D eigenvalue weighted by Gasteiger charge is -2.35. The van der Waals surface area contributed by atoms with E-state index in [1.807, 2.05) is 24.3 Å². The van der Waals surface area contributed by atoms with Gasteiger partial charge in [-0.05, 0) is 44.2 Å². The van der Waals surface area contributed by atoms with Gasteiger partial charge in [-0.1, -0.05) is 45.4 Å². The molecular weight excluding hydrogens is 376 g/mol. The summed E-state index contributed by atoms with van der Waals surface area (Å²) in [7, 11) is 0. The summed E-state index contributed by atoms with van der Waals surface area (Å²) in [6.07, 6.45) is 7.82. The van der Waals surface area contributed by atoms with Crippen molar-refractivity contribution in [2.24, 2.45) is 5.92 Å². The monoisotopic (exact) mass is 412 g/mol. The third-order valence-electron chi connectivity index (χ3n) is 5.93. The number of pyridine rings is 1. The minimum atomic E-state index is -0.222. The maximum absolute atomic E-state index is 12.7. The Morgan fingerprint density at radius 1 is 1.20 bits per heavy atom. The molecule has 1 saturated heterocycles. The normalized spacial score (nSPS) is 17.4. The van der Waals surface area contributed by atoms with E-state index in [0.717, 1.165) is 18.4 Å². The van der Waals surface area contributed by atoms with Crippen LogP contribution in [0.15, 0.2) is 35.3 Å². The summed E-state index contributed by atoms with van der Waals surface area (Å²) in [5.74, 6) is 0.340. The first kappa shape index (κ1) is 22.3. The Balaban J connectivity index is 1.60. The molecule has 0 bridgehead atoms. The number of carbonyl (C=O) groups excluding carboxylic acids is 1. The van der Waals surface area contributed by atoms with Crippen LogP contribution in [0.5, 0.6) is 0 Å². The summed E-state index contributed by atoms with van der Waals surface area (Å²) < 4.78 is 1.70. The van der Waals surface area contributed by atoms with Crippen LogP contribution < -0.4 is 16.2 Å². The third kappa shape index (κ3) is 5.63. The van der Waals surface area contributed by atoms with E-state index in [2.05, 4.69) is 36.3 Å². The van der Waals surface area contributed by atoms with Gasteiger partial charge in [-0.15, -0.1) is 0 Å².